The topological polar surface area (TPSA) is 69.7 Å². The van der Waals surface area contributed by atoms with Gasteiger partial charge >= 0.3 is 0 Å². The minimum atomic E-state index is -0.387. The molecular formula is C25H27N3O3. The molecule has 0 saturated carbocycles. The van der Waals surface area contributed by atoms with E-state index in [0.29, 0.717) is 36.3 Å². The molecule has 1 unspecified atom stereocenters. The zero-order chi connectivity index (χ0) is 22.4. The molecule has 1 heterocycles. The quantitative estimate of drug-likeness (QED) is 0.761. The number of anilines is 1. The fourth-order valence-corrected chi connectivity index (χ4v) is 3.74. The molecule has 1 N–H and O–H groups in total. The average molecular weight is 418 g/mol. The highest BCUT2D eigenvalue weighted by atomic mass is 16.2. The summed E-state index contributed by atoms with van der Waals surface area (Å²) in [5, 5.41) is 2.57. The molecule has 3 rings (SSSR count). The van der Waals surface area contributed by atoms with Crippen molar-refractivity contribution in [2.45, 2.75) is 19.8 Å². The lowest BCUT2D eigenvalue weighted by Gasteiger charge is -2.35. The first kappa shape index (κ1) is 22.1. The highest BCUT2D eigenvalue weighted by Gasteiger charge is 2.33. The maximum atomic E-state index is 13.5. The highest BCUT2D eigenvalue weighted by Crippen LogP contribution is 2.24. The Hall–Kier alpha value is -3.59. The molecule has 1 atom stereocenters. The van der Waals surface area contributed by atoms with Gasteiger partial charge in [-0.1, -0.05) is 29.7 Å². The number of aryl methyl sites for hydroxylation is 1. The zero-order valence-electron chi connectivity index (χ0n) is 17.9. The molecule has 2 aromatic rings. The number of benzene rings is 2. The standard InChI is InChI=1S/C25H27N3O3/c1-4-19-7-5-9-22(15-19)28(17-23(29)26-3)25(31)21-8-6-14-27(16-21)24(30)20-12-10-18(2)11-13-20/h1,5,7,9-13,15,21H,6,8,14,16-17H2,2-3H3,(H,26,29). The number of amides is 3. The highest BCUT2D eigenvalue weighted by molar-refractivity contribution is 6.01. The predicted molar refractivity (Wildman–Crippen MR) is 121 cm³/mol. The van der Waals surface area contributed by atoms with Crippen LogP contribution in [-0.2, 0) is 9.59 Å². The summed E-state index contributed by atoms with van der Waals surface area (Å²) in [6.07, 6.45) is 6.90. The minimum absolute atomic E-state index is 0.0790. The Labute approximate surface area is 183 Å². The van der Waals surface area contributed by atoms with Crippen LogP contribution >= 0.6 is 0 Å². The van der Waals surface area contributed by atoms with Gasteiger partial charge in [0, 0.05) is 37.0 Å². The van der Waals surface area contributed by atoms with Crippen molar-refractivity contribution in [3.63, 3.8) is 0 Å². The van der Waals surface area contributed by atoms with E-state index in [1.165, 1.54) is 11.9 Å². The lowest BCUT2D eigenvalue weighted by molar-refractivity contribution is -0.126. The van der Waals surface area contributed by atoms with Crippen LogP contribution in [0.15, 0.2) is 48.5 Å². The van der Waals surface area contributed by atoms with E-state index in [9.17, 15) is 14.4 Å². The second kappa shape index (κ2) is 9.94. The summed E-state index contributed by atoms with van der Waals surface area (Å²) in [5.74, 6) is 1.64. The number of hydrogen-bond donors (Lipinski definition) is 1. The monoisotopic (exact) mass is 417 g/mol. The molecule has 0 aromatic heterocycles. The molecular weight excluding hydrogens is 390 g/mol. The number of hydrogen-bond acceptors (Lipinski definition) is 3. The fraction of sp³-hybridized carbons (Fsp3) is 0.320. The number of terminal acetylenes is 1. The van der Waals surface area contributed by atoms with Crippen molar-refractivity contribution in [3.05, 3.63) is 65.2 Å². The Morgan fingerprint density at radius 2 is 1.94 bits per heavy atom. The molecule has 6 heteroatoms. The first-order valence-electron chi connectivity index (χ1n) is 10.4. The van der Waals surface area contributed by atoms with Crippen LogP contribution in [0.5, 0.6) is 0 Å². The van der Waals surface area contributed by atoms with E-state index in [2.05, 4.69) is 11.2 Å². The van der Waals surface area contributed by atoms with Gasteiger partial charge in [0.05, 0.1) is 5.92 Å². The average Bonchev–Trinajstić information content (AvgIpc) is 2.82. The summed E-state index contributed by atoms with van der Waals surface area (Å²) in [7, 11) is 1.53. The van der Waals surface area contributed by atoms with Crippen LogP contribution in [0.3, 0.4) is 0 Å². The molecule has 2 aromatic carbocycles. The van der Waals surface area contributed by atoms with Gasteiger partial charge in [-0.2, -0.15) is 0 Å². The molecule has 1 aliphatic heterocycles. The third-order valence-electron chi connectivity index (χ3n) is 5.53. The van der Waals surface area contributed by atoms with Crippen molar-refractivity contribution in [1.82, 2.24) is 10.2 Å². The smallest absolute Gasteiger partial charge is 0.253 e. The fourth-order valence-electron chi connectivity index (χ4n) is 3.74. The molecule has 1 saturated heterocycles. The van der Waals surface area contributed by atoms with E-state index in [4.69, 9.17) is 6.42 Å². The molecule has 3 amide bonds. The number of piperidine rings is 1. The zero-order valence-corrected chi connectivity index (χ0v) is 17.9. The molecule has 0 bridgehead atoms. The number of rotatable bonds is 5. The molecule has 0 radical (unpaired) electrons. The second-order valence-electron chi connectivity index (χ2n) is 7.75. The van der Waals surface area contributed by atoms with Crippen molar-refractivity contribution < 1.29 is 14.4 Å². The van der Waals surface area contributed by atoms with Gasteiger partial charge in [0.25, 0.3) is 5.91 Å². The number of nitrogens with zero attached hydrogens (tertiary/aromatic N) is 2. The number of likely N-dealkylation sites (N-methyl/N-ethyl adjacent to an activating group) is 1. The number of likely N-dealkylation sites (tertiary alicyclic amines) is 1. The summed E-state index contributed by atoms with van der Waals surface area (Å²) >= 11 is 0. The van der Waals surface area contributed by atoms with Gasteiger partial charge < -0.3 is 15.1 Å². The van der Waals surface area contributed by atoms with Gasteiger partial charge in [0.1, 0.15) is 6.54 Å². The lowest BCUT2D eigenvalue weighted by atomic mass is 9.95. The minimum Gasteiger partial charge on any atom is -0.358 e. The normalized spacial score (nSPS) is 15.6. The van der Waals surface area contributed by atoms with Crippen molar-refractivity contribution in [3.8, 4) is 12.3 Å². The van der Waals surface area contributed by atoms with Gasteiger partial charge in [-0.3, -0.25) is 14.4 Å². The molecule has 1 fully saturated rings. The first-order valence-corrected chi connectivity index (χ1v) is 10.4. The molecule has 1 aliphatic rings. The summed E-state index contributed by atoms with van der Waals surface area (Å²) in [4.78, 5) is 41.7. The van der Waals surface area contributed by atoms with Gasteiger partial charge in [0.15, 0.2) is 0 Å². The molecule has 0 spiro atoms. The van der Waals surface area contributed by atoms with Crippen LogP contribution in [-0.4, -0.2) is 49.3 Å². The Kier molecular flexibility index (Phi) is 7.09. The molecule has 31 heavy (non-hydrogen) atoms. The summed E-state index contributed by atoms with van der Waals surface area (Å²) in [6, 6.07) is 14.5. The third-order valence-corrected chi connectivity index (χ3v) is 5.53. The van der Waals surface area contributed by atoms with Crippen LogP contribution in [0.4, 0.5) is 5.69 Å². The Bertz CT molecular complexity index is 1010. The van der Waals surface area contributed by atoms with E-state index in [0.717, 1.165) is 12.0 Å². The summed E-state index contributed by atoms with van der Waals surface area (Å²) < 4.78 is 0. The summed E-state index contributed by atoms with van der Waals surface area (Å²) in [6.45, 7) is 2.80. The lowest BCUT2D eigenvalue weighted by Crippen LogP contribution is -2.49. The van der Waals surface area contributed by atoms with Crippen LogP contribution in [0.25, 0.3) is 0 Å². The second-order valence-corrected chi connectivity index (χ2v) is 7.75. The maximum Gasteiger partial charge on any atom is 0.253 e. The van der Waals surface area contributed by atoms with E-state index in [1.54, 1.807) is 29.2 Å². The van der Waals surface area contributed by atoms with Gasteiger partial charge in [-0.15, -0.1) is 6.42 Å². The Balaban J connectivity index is 1.81. The molecule has 6 nitrogen and oxygen atoms in total. The predicted octanol–water partition coefficient (Wildman–Crippen LogP) is 2.61. The van der Waals surface area contributed by atoms with Gasteiger partial charge in [0.2, 0.25) is 11.8 Å². The number of nitrogens with one attached hydrogen (secondary N) is 1. The van der Waals surface area contributed by atoms with Crippen molar-refractivity contribution in [2.75, 3.05) is 31.6 Å². The van der Waals surface area contributed by atoms with Crippen LogP contribution in [0, 0.1) is 25.2 Å². The van der Waals surface area contributed by atoms with Gasteiger partial charge in [-0.05, 0) is 50.1 Å². The number of carbonyl (C=O) groups excluding carboxylic acids is 3. The Morgan fingerprint density at radius 3 is 2.61 bits per heavy atom. The Morgan fingerprint density at radius 1 is 1.19 bits per heavy atom. The van der Waals surface area contributed by atoms with E-state index in [-0.39, 0.29) is 30.2 Å². The summed E-state index contributed by atoms with van der Waals surface area (Å²) in [5.41, 5.74) is 2.91. The van der Waals surface area contributed by atoms with Crippen LogP contribution in [0.2, 0.25) is 0 Å². The van der Waals surface area contributed by atoms with Crippen molar-refractivity contribution in [1.29, 1.82) is 0 Å². The molecule has 160 valence electrons. The largest absolute Gasteiger partial charge is 0.358 e. The van der Waals surface area contributed by atoms with E-state index in [1.807, 2.05) is 31.2 Å². The van der Waals surface area contributed by atoms with Crippen LogP contribution < -0.4 is 10.2 Å². The van der Waals surface area contributed by atoms with E-state index < -0.39 is 0 Å². The van der Waals surface area contributed by atoms with Crippen molar-refractivity contribution >= 4 is 23.4 Å². The maximum absolute atomic E-state index is 13.5. The third kappa shape index (κ3) is 5.32. The van der Waals surface area contributed by atoms with Crippen LogP contribution in [0.1, 0.15) is 34.3 Å². The number of carbonyl (C=O) groups is 3. The SMILES string of the molecule is C#Cc1cccc(N(CC(=O)NC)C(=O)C2CCCN(C(=O)c3ccc(C)cc3)C2)c1. The van der Waals surface area contributed by atoms with Gasteiger partial charge in [-0.25, -0.2) is 0 Å². The van der Waals surface area contributed by atoms with Crippen molar-refractivity contribution in [2.24, 2.45) is 5.92 Å². The van der Waals surface area contributed by atoms with E-state index >= 15 is 0 Å². The molecule has 0 aliphatic carbocycles. The first-order chi connectivity index (χ1) is 14.9.